The number of benzene rings is 1. The highest BCUT2D eigenvalue weighted by molar-refractivity contribution is 9.10. The minimum atomic E-state index is -0.507. The number of halogens is 2. The topological polar surface area (TPSA) is 58.4 Å². The Labute approximate surface area is 119 Å². The van der Waals surface area contributed by atoms with Crippen LogP contribution in [0, 0.1) is 21.8 Å². The second-order valence-electron chi connectivity index (χ2n) is 4.84. The van der Waals surface area contributed by atoms with Crippen LogP contribution in [-0.4, -0.2) is 36.5 Å². The molecule has 0 aromatic heterocycles. The zero-order chi connectivity index (χ0) is 14.0. The molecule has 1 atom stereocenters. The summed E-state index contributed by atoms with van der Waals surface area (Å²) in [7, 11) is 2.04. The molecule has 0 aliphatic carbocycles. The van der Waals surface area contributed by atoms with E-state index >= 15 is 0 Å². The second kappa shape index (κ2) is 5.83. The molecule has 0 bridgehead atoms. The molecule has 1 saturated heterocycles. The van der Waals surface area contributed by atoms with Gasteiger partial charge in [0.05, 0.1) is 9.40 Å². The van der Waals surface area contributed by atoms with Crippen LogP contribution in [0.25, 0.3) is 0 Å². The zero-order valence-electron chi connectivity index (χ0n) is 10.5. The average molecular weight is 332 g/mol. The van der Waals surface area contributed by atoms with E-state index in [0.29, 0.717) is 12.5 Å². The Morgan fingerprint density at radius 3 is 2.95 bits per heavy atom. The Morgan fingerprint density at radius 1 is 1.63 bits per heavy atom. The molecule has 19 heavy (non-hydrogen) atoms. The van der Waals surface area contributed by atoms with E-state index < -0.39 is 10.7 Å². The molecule has 1 heterocycles. The van der Waals surface area contributed by atoms with Crippen molar-refractivity contribution < 1.29 is 9.31 Å². The van der Waals surface area contributed by atoms with E-state index in [1.807, 2.05) is 7.05 Å². The van der Waals surface area contributed by atoms with Crippen LogP contribution in [0.1, 0.15) is 6.42 Å². The minimum Gasteiger partial charge on any atom is -0.379 e. The van der Waals surface area contributed by atoms with Gasteiger partial charge < -0.3 is 10.2 Å². The minimum absolute atomic E-state index is 0.102. The predicted molar refractivity (Wildman–Crippen MR) is 74.8 cm³/mol. The molecule has 0 saturated carbocycles. The van der Waals surface area contributed by atoms with Gasteiger partial charge in [-0.15, -0.1) is 0 Å². The summed E-state index contributed by atoms with van der Waals surface area (Å²) in [4.78, 5) is 12.7. The highest BCUT2D eigenvalue weighted by Gasteiger charge is 2.22. The average Bonchev–Trinajstić information content (AvgIpc) is 2.76. The Hall–Kier alpha value is -1.21. The lowest BCUT2D eigenvalue weighted by Gasteiger charge is -2.13. The molecule has 0 radical (unpaired) electrons. The van der Waals surface area contributed by atoms with E-state index in [1.54, 1.807) is 0 Å². The maximum atomic E-state index is 13.5. The van der Waals surface area contributed by atoms with Gasteiger partial charge in [0.15, 0.2) is 0 Å². The van der Waals surface area contributed by atoms with Gasteiger partial charge in [0.2, 0.25) is 0 Å². The molecule has 104 valence electrons. The highest BCUT2D eigenvalue weighted by atomic mass is 79.9. The van der Waals surface area contributed by atoms with E-state index in [2.05, 4.69) is 26.1 Å². The number of rotatable bonds is 4. The molecule has 5 nitrogen and oxygen atoms in total. The van der Waals surface area contributed by atoms with Crippen molar-refractivity contribution in [1.29, 1.82) is 0 Å². The van der Waals surface area contributed by atoms with Gasteiger partial charge in [0.25, 0.3) is 5.69 Å². The van der Waals surface area contributed by atoms with Gasteiger partial charge in [0, 0.05) is 25.2 Å². The Kier molecular flexibility index (Phi) is 4.36. The fourth-order valence-electron chi connectivity index (χ4n) is 2.28. The molecule has 0 spiro atoms. The van der Waals surface area contributed by atoms with E-state index in [1.165, 1.54) is 12.1 Å². The van der Waals surface area contributed by atoms with Crippen LogP contribution in [0.2, 0.25) is 0 Å². The Bertz CT molecular complexity index is 498. The third-order valence-electron chi connectivity index (χ3n) is 3.31. The number of hydrogen-bond acceptors (Lipinski definition) is 4. The molecule has 1 aliphatic heterocycles. The number of nitro groups is 1. The number of hydrogen-bond donors (Lipinski definition) is 1. The summed E-state index contributed by atoms with van der Waals surface area (Å²) < 4.78 is 13.6. The first kappa shape index (κ1) is 14.2. The van der Waals surface area contributed by atoms with E-state index in [9.17, 15) is 14.5 Å². The van der Waals surface area contributed by atoms with Gasteiger partial charge in [-0.2, -0.15) is 0 Å². The van der Waals surface area contributed by atoms with Crippen molar-refractivity contribution in [2.45, 2.75) is 6.42 Å². The molecule has 1 aliphatic rings. The lowest BCUT2D eigenvalue weighted by molar-refractivity contribution is -0.384. The van der Waals surface area contributed by atoms with Gasteiger partial charge in [-0.3, -0.25) is 10.1 Å². The van der Waals surface area contributed by atoms with E-state index in [0.717, 1.165) is 19.5 Å². The number of likely N-dealkylation sites (tertiary alicyclic amines) is 1. The molecule has 1 unspecified atom stereocenters. The first-order valence-corrected chi connectivity index (χ1v) is 6.82. The zero-order valence-corrected chi connectivity index (χ0v) is 12.1. The van der Waals surface area contributed by atoms with Crippen LogP contribution in [0.5, 0.6) is 0 Å². The summed E-state index contributed by atoms with van der Waals surface area (Å²) in [5.74, 6) is -0.0621. The molecule has 0 amide bonds. The monoisotopic (exact) mass is 331 g/mol. The van der Waals surface area contributed by atoms with E-state index in [4.69, 9.17) is 0 Å². The lowest BCUT2D eigenvalue weighted by Crippen LogP contribution is -2.19. The smallest absolute Gasteiger partial charge is 0.293 e. The maximum Gasteiger partial charge on any atom is 0.293 e. The Balaban J connectivity index is 2.10. The second-order valence-corrected chi connectivity index (χ2v) is 5.69. The van der Waals surface area contributed by atoms with Gasteiger partial charge in [-0.25, -0.2) is 4.39 Å². The molecule has 1 fully saturated rings. The summed E-state index contributed by atoms with van der Waals surface area (Å²) in [6, 6.07) is 2.36. The van der Waals surface area contributed by atoms with Gasteiger partial charge in [-0.05, 0) is 41.9 Å². The fourth-order valence-corrected chi connectivity index (χ4v) is 2.61. The highest BCUT2D eigenvalue weighted by Crippen LogP contribution is 2.31. The van der Waals surface area contributed by atoms with Gasteiger partial charge in [-0.1, -0.05) is 0 Å². The number of nitrogens with zero attached hydrogens (tertiary/aromatic N) is 2. The van der Waals surface area contributed by atoms with Gasteiger partial charge in [0.1, 0.15) is 11.5 Å². The third kappa shape index (κ3) is 3.42. The number of nitro benzene ring substituents is 1. The molecule has 2 rings (SSSR count). The largest absolute Gasteiger partial charge is 0.379 e. The quantitative estimate of drug-likeness (QED) is 0.680. The van der Waals surface area contributed by atoms with Crippen molar-refractivity contribution >= 4 is 27.3 Å². The SMILES string of the molecule is CN1CCC(CNc2cc(F)c(Br)cc2[N+](=O)[O-])C1. The van der Waals surface area contributed by atoms with Crippen LogP contribution in [-0.2, 0) is 0 Å². The van der Waals surface area contributed by atoms with Crippen LogP contribution in [0.15, 0.2) is 16.6 Å². The first-order chi connectivity index (χ1) is 8.97. The number of anilines is 1. The third-order valence-corrected chi connectivity index (χ3v) is 3.91. The van der Waals surface area contributed by atoms with Crippen LogP contribution >= 0.6 is 15.9 Å². The molecular formula is C12H15BrFN3O2. The summed E-state index contributed by atoms with van der Waals surface area (Å²) >= 11 is 2.96. The molecule has 1 N–H and O–H groups in total. The summed E-state index contributed by atoms with van der Waals surface area (Å²) in [6.07, 6.45) is 1.05. The van der Waals surface area contributed by atoms with Crippen molar-refractivity contribution in [3.8, 4) is 0 Å². The van der Waals surface area contributed by atoms with Crippen LogP contribution in [0.4, 0.5) is 15.8 Å². The van der Waals surface area contributed by atoms with Crippen molar-refractivity contribution in [3.63, 3.8) is 0 Å². The number of nitrogens with one attached hydrogen (secondary N) is 1. The standard InChI is InChI=1S/C12H15BrFN3O2/c1-16-3-2-8(7-16)6-15-11-5-10(14)9(13)4-12(11)17(18)19/h4-5,8,15H,2-3,6-7H2,1H3. The van der Waals surface area contributed by atoms with Crippen LogP contribution < -0.4 is 5.32 Å². The molecule has 7 heteroatoms. The summed E-state index contributed by atoms with van der Waals surface area (Å²) in [5.41, 5.74) is 0.125. The van der Waals surface area contributed by atoms with Gasteiger partial charge >= 0.3 is 0 Å². The first-order valence-electron chi connectivity index (χ1n) is 6.03. The lowest BCUT2D eigenvalue weighted by atomic mass is 10.1. The fraction of sp³-hybridized carbons (Fsp3) is 0.500. The molecule has 1 aromatic rings. The summed E-state index contributed by atoms with van der Waals surface area (Å²) in [6.45, 7) is 2.61. The predicted octanol–water partition coefficient (Wildman–Crippen LogP) is 2.86. The molecule has 1 aromatic carbocycles. The molecular weight excluding hydrogens is 317 g/mol. The van der Waals surface area contributed by atoms with Crippen molar-refractivity contribution in [3.05, 3.63) is 32.5 Å². The van der Waals surface area contributed by atoms with E-state index in [-0.39, 0.29) is 15.8 Å². The van der Waals surface area contributed by atoms with Crippen LogP contribution in [0.3, 0.4) is 0 Å². The maximum absolute atomic E-state index is 13.5. The van der Waals surface area contributed by atoms with Crippen molar-refractivity contribution in [1.82, 2.24) is 4.90 Å². The van der Waals surface area contributed by atoms with Crippen molar-refractivity contribution in [2.24, 2.45) is 5.92 Å². The van der Waals surface area contributed by atoms with Crippen molar-refractivity contribution in [2.75, 3.05) is 32.0 Å². The summed E-state index contributed by atoms with van der Waals surface area (Å²) in [5, 5.41) is 13.9. The Morgan fingerprint density at radius 2 is 2.37 bits per heavy atom. The normalized spacial score (nSPS) is 19.6.